The number of halogens is 1. The van der Waals surface area contributed by atoms with Gasteiger partial charge in [-0.25, -0.2) is 8.42 Å². The number of amides is 2. The maximum Gasteiger partial charge on any atom is 0.264 e. The Morgan fingerprint density at radius 3 is 2.20 bits per heavy atom. The van der Waals surface area contributed by atoms with Gasteiger partial charge in [-0.15, -0.1) is 0 Å². The lowest BCUT2D eigenvalue weighted by Gasteiger charge is -2.34. The summed E-state index contributed by atoms with van der Waals surface area (Å²) >= 11 is 6.46. The molecule has 3 aromatic carbocycles. The van der Waals surface area contributed by atoms with Crippen molar-refractivity contribution in [3.63, 3.8) is 0 Å². The number of carbonyl (C=O) groups excluding carboxylic acids is 2. The summed E-state index contributed by atoms with van der Waals surface area (Å²) in [7, 11) is -4.09. The smallest absolute Gasteiger partial charge is 0.264 e. The SMILES string of the molecule is CCC(C(=O)NC1CCCC1)N(Cc1ccccc1Cl)C(=O)CN(c1ccccc1)S(=O)(=O)c1ccc(C)cc1. The molecule has 0 saturated heterocycles. The summed E-state index contributed by atoms with van der Waals surface area (Å²) in [5, 5.41) is 3.59. The number of nitrogens with one attached hydrogen (secondary N) is 1. The van der Waals surface area contributed by atoms with Gasteiger partial charge in [-0.05, 0) is 62.1 Å². The van der Waals surface area contributed by atoms with Crippen molar-refractivity contribution in [3.8, 4) is 0 Å². The number of aryl methyl sites for hydroxylation is 1. The van der Waals surface area contributed by atoms with E-state index in [4.69, 9.17) is 11.6 Å². The van der Waals surface area contributed by atoms with Gasteiger partial charge < -0.3 is 10.2 Å². The Balaban J connectivity index is 1.70. The van der Waals surface area contributed by atoms with Crippen LogP contribution in [0.5, 0.6) is 0 Å². The monoisotopic (exact) mass is 581 g/mol. The fourth-order valence-electron chi connectivity index (χ4n) is 5.06. The number of sulfonamides is 1. The van der Waals surface area contributed by atoms with Crippen LogP contribution >= 0.6 is 11.6 Å². The highest BCUT2D eigenvalue weighted by atomic mass is 35.5. The van der Waals surface area contributed by atoms with Gasteiger partial charge in [0.25, 0.3) is 10.0 Å². The molecular weight excluding hydrogens is 546 g/mol. The van der Waals surface area contributed by atoms with Crippen molar-refractivity contribution in [1.82, 2.24) is 10.2 Å². The van der Waals surface area contributed by atoms with E-state index in [1.54, 1.807) is 54.6 Å². The van der Waals surface area contributed by atoms with Crippen molar-refractivity contribution in [1.29, 1.82) is 0 Å². The predicted molar refractivity (Wildman–Crippen MR) is 159 cm³/mol. The predicted octanol–water partition coefficient (Wildman–Crippen LogP) is 5.71. The molecule has 2 amide bonds. The van der Waals surface area contributed by atoms with Crippen LogP contribution in [0, 0.1) is 6.92 Å². The van der Waals surface area contributed by atoms with Crippen LogP contribution in [0.2, 0.25) is 5.02 Å². The molecular formula is C31H36ClN3O4S. The fourth-order valence-corrected chi connectivity index (χ4v) is 6.67. The van der Waals surface area contributed by atoms with Crippen LogP contribution in [0.25, 0.3) is 0 Å². The zero-order valence-corrected chi connectivity index (χ0v) is 24.5. The summed E-state index contributed by atoms with van der Waals surface area (Å²) in [4.78, 5) is 29.1. The molecule has 4 rings (SSSR count). The molecule has 0 aliphatic heterocycles. The van der Waals surface area contributed by atoms with Gasteiger partial charge in [-0.1, -0.05) is 85.5 Å². The quantitative estimate of drug-likeness (QED) is 0.314. The number of hydrogen-bond acceptors (Lipinski definition) is 4. The van der Waals surface area contributed by atoms with E-state index in [2.05, 4.69) is 5.32 Å². The van der Waals surface area contributed by atoms with E-state index in [1.807, 2.05) is 26.0 Å². The number of carbonyl (C=O) groups is 2. The molecule has 1 aliphatic rings. The van der Waals surface area contributed by atoms with Crippen molar-refractivity contribution in [2.24, 2.45) is 0 Å². The Kier molecular flexibility index (Phi) is 9.87. The first-order valence-electron chi connectivity index (χ1n) is 13.7. The average molecular weight is 582 g/mol. The average Bonchev–Trinajstić information content (AvgIpc) is 3.46. The molecule has 0 bridgehead atoms. The van der Waals surface area contributed by atoms with Gasteiger partial charge in [-0.3, -0.25) is 13.9 Å². The Hall–Kier alpha value is -3.36. The lowest BCUT2D eigenvalue weighted by molar-refractivity contribution is -0.140. The number of nitrogens with zero attached hydrogens (tertiary/aromatic N) is 2. The molecule has 212 valence electrons. The van der Waals surface area contributed by atoms with Crippen molar-refractivity contribution >= 4 is 39.1 Å². The molecule has 0 radical (unpaired) electrons. The minimum Gasteiger partial charge on any atom is -0.352 e. The Morgan fingerprint density at radius 2 is 1.57 bits per heavy atom. The molecule has 0 aromatic heterocycles. The fraction of sp³-hybridized carbons (Fsp3) is 0.355. The summed E-state index contributed by atoms with van der Waals surface area (Å²) in [5.41, 5.74) is 1.96. The van der Waals surface area contributed by atoms with Gasteiger partial charge in [0.15, 0.2) is 0 Å². The summed E-state index contributed by atoms with van der Waals surface area (Å²) in [6.07, 6.45) is 4.32. The Morgan fingerprint density at radius 1 is 0.950 bits per heavy atom. The minimum absolute atomic E-state index is 0.0717. The highest BCUT2D eigenvalue weighted by Gasteiger charge is 2.34. The standard InChI is InChI=1S/C31H36ClN3O4S/c1-3-29(31(37)33-25-12-8-9-13-25)34(21-24-11-7-10-16-28(24)32)30(36)22-35(26-14-5-4-6-15-26)40(38,39)27-19-17-23(2)18-20-27/h4-7,10-11,14-20,25,29H,3,8-9,12-13,21-22H2,1-2H3,(H,33,37). The third kappa shape index (κ3) is 7.04. The summed E-state index contributed by atoms with van der Waals surface area (Å²) in [5.74, 6) is -0.727. The molecule has 1 fully saturated rings. The number of hydrogen-bond donors (Lipinski definition) is 1. The largest absolute Gasteiger partial charge is 0.352 e. The van der Waals surface area contributed by atoms with E-state index in [-0.39, 0.29) is 23.4 Å². The number of para-hydroxylation sites is 1. The number of anilines is 1. The molecule has 9 heteroatoms. The van der Waals surface area contributed by atoms with Crippen molar-refractivity contribution in [2.45, 2.75) is 69.5 Å². The van der Waals surface area contributed by atoms with Gasteiger partial charge in [0, 0.05) is 17.6 Å². The van der Waals surface area contributed by atoms with Gasteiger partial charge in [0.1, 0.15) is 12.6 Å². The highest BCUT2D eigenvalue weighted by Crippen LogP contribution is 2.26. The van der Waals surface area contributed by atoms with Gasteiger partial charge >= 0.3 is 0 Å². The Bertz CT molecular complexity index is 1410. The summed E-state index contributed by atoms with van der Waals surface area (Å²) in [6.45, 7) is 3.33. The highest BCUT2D eigenvalue weighted by molar-refractivity contribution is 7.92. The van der Waals surface area contributed by atoms with E-state index < -0.39 is 28.5 Å². The van der Waals surface area contributed by atoms with E-state index in [1.165, 1.54) is 17.0 Å². The van der Waals surface area contributed by atoms with Crippen LogP contribution in [-0.2, 0) is 26.2 Å². The number of benzene rings is 3. The second-order valence-electron chi connectivity index (χ2n) is 10.2. The molecule has 0 spiro atoms. The third-order valence-corrected chi connectivity index (χ3v) is 9.47. The van der Waals surface area contributed by atoms with Crippen LogP contribution in [-0.4, -0.2) is 43.8 Å². The van der Waals surface area contributed by atoms with Crippen LogP contribution in [0.4, 0.5) is 5.69 Å². The van der Waals surface area contributed by atoms with Crippen LogP contribution in [0.3, 0.4) is 0 Å². The van der Waals surface area contributed by atoms with Crippen LogP contribution < -0.4 is 9.62 Å². The second kappa shape index (κ2) is 13.3. The van der Waals surface area contributed by atoms with E-state index >= 15 is 0 Å². The second-order valence-corrected chi connectivity index (χ2v) is 12.5. The first kappa shape index (κ1) is 29.6. The topological polar surface area (TPSA) is 86.8 Å². The third-order valence-electron chi connectivity index (χ3n) is 7.32. The Labute approximate surface area is 242 Å². The van der Waals surface area contributed by atoms with Crippen molar-refractivity contribution in [3.05, 3.63) is 95.0 Å². The molecule has 1 unspecified atom stereocenters. The van der Waals surface area contributed by atoms with E-state index in [0.717, 1.165) is 35.6 Å². The molecule has 7 nitrogen and oxygen atoms in total. The molecule has 1 aliphatic carbocycles. The van der Waals surface area contributed by atoms with Gasteiger partial charge in [0.2, 0.25) is 11.8 Å². The first-order chi connectivity index (χ1) is 19.2. The van der Waals surface area contributed by atoms with Crippen LogP contribution in [0.15, 0.2) is 83.8 Å². The van der Waals surface area contributed by atoms with Crippen LogP contribution in [0.1, 0.15) is 50.2 Å². The lowest BCUT2D eigenvalue weighted by atomic mass is 10.1. The van der Waals surface area contributed by atoms with Crippen molar-refractivity contribution < 1.29 is 18.0 Å². The number of rotatable bonds is 11. The maximum atomic E-state index is 14.1. The summed E-state index contributed by atoms with van der Waals surface area (Å²) in [6, 6.07) is 21.5. The molecule has 1 atom stereocenters. The minimum atomic E-state index is -4.09. The molecule has 40 heavy (non-hydrogen) atoms. The normalized spacial score (nSPS) is 14.5. The van der Waals surface area contributed by atoms with E-state index in [0.29, 0.717) is 22.7 Å². The van der Waals surface area contributed by atoms with Gasteiger partial charge in [-0.2, -0.15) is 0 Å². The zero-order chi connectivity index (χ0) is 28.7. The molecule has 3 aromatic rings. The maximum absolute atomic E-state index is 14.1. The summed E-state index contributed by atoms with van der Waals surface area (Å²) < 4.78 is 28.9. The van der Waals surface area contributed by atoms with Crippen molar-refractivity contribution in [2.75, 3.05) is 10.8 Å². The lowest BCUT2D eigenvalue weighted by Crippen LogP contribution is -2.53. The zero-order valence-electron chi connectivity index (χ0n) is 22.9. The molecule has 0 heterocycles. The van der Waals surface area contributed by atoms with E-state index in [9.17, 15) is 18.0 Å². The molecule has 1 saturated carbocycles. The van der Waals surface area contributed by atoms with Gasteiger partial charge in [0.05, 0.1) is 10.6 Å². The first-order valence-corrected chi connectivity index (χ1v) is 15.5. The molecule has 1 N–H and O–H groups in total.